The van der Waals surface area contributed by atoms with E-state index in [-0.39, 0.29) is 5.92 Å². The average Bonchev–Trinajstić information content (AvgIpc) is 2.43. The molecule has 0 spiro atoms. The Morgan fingerprint density at radius 1 is 1.50 bits per heavy atom. The average molecular weight is 278 g/mol. The van der Waals surface area contributed by atoms with Gasteiger partial charge in [0.2, 0.25) is 0 Å². The van der Waals surface area contributed by atoms with Gasteiger partial charge in [0, 0.05) is 11.5 Å². The summed E-state index contributed by atoms with van der Waals surface area (Å²) in [4.78, 5) is 12.3. The van der Waals surface area contributed by atoms with Crippen LogP contribution in [0, 0.1) is 11.3 Å². The van der Waals surface area contributed by atoms with Gasteiger partial charge in [-0.1, -0.05) is 25.1 Å². The molecule has 0 radical (unpaired) electrons. The van der Waals surface area contributed by atoms with Crippen molar-refractivity contribution in [1.82, 2.24) is 0 Å². The van der Waals surface area contributed by atoms with Crippen molar-refractivity contribution in [2.45, 2.75) is 33.3 Å². The molecule has 0 aromatic heterocycles. The molecule has 20 heavy (non-hydrogen) atoms. The first-order valence-electron chi connectivity index (χ1n) is 6.97. The van der Waals surface area contributed by atoms with E-state index in [2.05, 4.69) is 0 Å². The van der Waals surface area contributed by atoms with Crippen LogP contribution in [0.25, 0.3) is 0 Å². The summed E-state index contributed by atoms with van der Waals surface area (Å²) in [6.45, 7) is 7.77. The van der Waals surface area contributed by atoms with Crippen molar-refractivity contribution in [3.05, 3.63) is 29.8 Å². The first-order chi connectivity index (χ1) is 9.35. The quantitative estimate of drug-likeness (QED) is 0.863. The molecule has 4 heteroatoms. The van der Waals surface area contributed by atoms with Crippen LogP contribution in [0.4, 0.5) is 0 Å². The standard InChI is InChI=1S/C16H22O4/c1-5-19-14(17)15(3,4)16(18)11(2)10-20-13-9-7-6-8-12(13)16/h6-9,11,18H,5,10H2,1-4H3. The third-order valence-corrected chi connectivity index (χ3v) is 4.24. The summed E-state index contributed by atoms with van der Waals surface area (Å²) < 4.78 is 10.8. The van der Waals surface area contributed by atoms with Gasteiger partial charge in [-0.25, -0.2) is 0 Å². The zero-order chi connectivity index (χ0) is 15.0. The molecule has 1 aromatic rings. The number of carbonyl (C=O) groups is 1. The number of rotatable bonds is 3. The lowest BCUT2D eigenvalue weighted by atomic mass is 9.63. The minimum atomic E-state index is -1.31. The summed E-state index contributed by atoms with van der Waals surface area (Å²) in [5.74, 6) is 0.0216. The van der Waals surface area contributed by atoms with Crippen LogP contribution in [0.15, 0.2) is 24.3 Å². The van der Waals surface area contributed by atoms with E-state index in [1.807, 2.05) is 31.2 Å². The Morgan fingerprint density at radius 2 is 2.15 bits per heavy atom. The topological polar surface area (TPSA) is 55.8 Å². The summed E-state index contributed by atoms with van der Waals surface area (Å²) in [5.41, 5.74) is -1.71. The van der Waals surface area contributed by atoms with Gasteiger partial charge < -0.3 is 14.6 Å². The smallest absolute Gasteiger partial charge is 0.314 e. The van der Waals surface area contributed by atoms with E-state index in [0.717, 1.165) is 0 Å². The van der Waals surface area contributed by atoms with E-state index in [0.29, 0.717) is 24.5 Å². The fourth-order valence-corrected chi connectivity index (χ4v) is 2.93. The van der Waals surface area contributed by atoms with Gasteiger partial charge in [0.15, 0.2) is 0 Å². The van der Waals surface area contributed by atoms with Crippen LogP contribution in [0.1, 0.15) is 33.3 Å². The second-order valence-electron chi connectivity index (χ2n) is 5.82. The van der Waals surface area contributed by atoms with Crippen LogP contribution in [-0.4, -0.2) is 24.3 Å². The summed E-state index contributed by atoms with van der Waals surface area (Å²) in [6.07, 6.45) is 0. The molecule has 1 aliphatic rings. The van der Waals surface area contributed by atoms with Crippen LogP contribution in [-0.2, 0) is 15.1 Å². The van der Waals surface area contributed by atoms with E-state index >= 15 is 0 Å². The molecule has 0 saturated heterocycles. The molecule has 0 saturated carbocycles. The van der Waals surface area contributed by atoms with Crippen molar-refractivity contribution >= 4 is 5.97 Å². The highest BCUT2D eigenvalue weighted by molar-refractivity contribution is 5.78. The highest BCUT2D eigenvalue weighted by Crippen LogP contribution is 2.51. The third-order valence-electron chi connectivity index (χ3n) is 4.24. The highest BCUT2D eigenvalue weighted by Gasteiger charge is 2.57. The number of carbonyl (C=O) groups excluding carboxylic acids is 1. The summed E-state index contributed by atoms with van der Waals surface area (Å²) in [6, 6.07) is 7.32. The van der Waals surface area contributed by atoms with Gasteiger partial charge >= 0.3 is 5.97 Å². The molecule has 1 aliphatic heterocycles. The van der Waals surface area contributed by atoms with Crippen LogP contribution in [0.5, 0.6) is 5.75 Å². The summed E-state index contributed by atoms with van der Waals surface area (Å²) in [7, 11) is 0. The predicted molar refractivity (Wildman–Crippen MR) is 75.4 cm³/mol. The minimum Gasteiger partial charge on any atom is -0.493 e. The Balaban J connectivity index is 2.54. The first kappa shape index (κ1) is 14.9. The van der Waals surface area contributed by atoms with Gasteiger partial charge in [-0.2, -0.15) is 0 Å². The summed E-state index contributed by atoms with van der Waals surface area (Å²) >= 11 is 0. The molecule has 0 amide bonds. The van der Waals surface area contributed by atoms with Crippen LogP contribution >= 0.6 is 0 Å². The van der Waals surface area contributed by atoms with Crippen molar-refractivity contribution in [3.8, 4) is 5.75 Å². The number of para-hydroxylation sites is 1. The van der Waals surface area contributed by atoms with Crippen molar-refractivity contribution in [2.75, 3.05) is 13.2 Å². The Kier molecular flexibility index (Phi) is 3.78. The van der Waals surface area contributed by atoms with Gasteiger partial charge in [0.25, 0.3) is 0 Å². The molecule has 2 rings (SSSR count). The number of fused-ring (bicyclic) bond motifs is 1. The van der Waals surface area contributed by atoms with Crippen LogP contribution < -0.4 is 4.74 Å². The molecule has 110 valence electrons. The predicted octanol–water partition coefficient (Wildman–Crippen LogP) is 2.49. The summed E-state index contributed by atoms with van der Waals surface area (Å²) in [5, 5.41) is 11.3. The van der Waals surface area contributed by atoms with Gasteiger partial charge in [-0.05, 0) is 26.8 Å². The Morgan fingerprint density at radius 3 is 2.80 bits per heavy atom. The van der Waals surface area contributed by atoms with E-state index in [9.17, 15) is 9.90 Å². The fourth-order valence-electron chi connectivity index (χ4n) is 2.93. The molecule has 2 atom stereocenters. The number of aliphatic hydroxyl groups is 1. The molecule has 0 aliphatic carbocycles. The number of benzene rings is 1. The van der Waals surface area contributed by atoms with E-state index in [4.69, 9.17) is 9.47 Å². The molecule has 0 fully saturated rings. The van der Waals surface area contributed by atoms with E-state index in [1.165, 1.54) is 0 Å². The Bertz CT molecular complexity index is 509. The maximum absolute atomic E-state index is 12.3. The maximum Gasteiger partial charge on any atom is 0.314 e. The zero-order valence-electron chi connectivity index (χ0n) is 12.5. The molecule has 0 bridgehead atoms. The van der Waals surface area contributed by atoms with Gasteiger partial charge in [0.05, 0.1) is 18.6 Å². The number of esters is 1. The molecular weight excluding hydrogens is 256 g/mol. The molecule has 1 N–H and O–H groups in total. The highest BCUT2D eigenvalue weighted by atomic mass is 16.5. The second-order valence-corrected chi connectivity index (χ2v) is 5.82. The number of hydrogen-bond acceptors (Lipinski definition) is 4. The fraction of sp³-hybridized carbons (Fsp3) is 0.562. The van der Waals surface area contributed by atoms with Crippen molar-refractivity contribution in [2.24, 2.45) is 11.3 Å². The lowest BCUT2D eigenvalue weighted by Crippen LogP contribution is -2.55. The largest absolute Gasteiger partial charge is 0.493 e. The molecule has 1 heterocycles. The minimum absolute atomic E-state index is 0.211. The maximum atomic E-state index is 12.3. The van der Waals surface area contributed by atoms with Gasteiger partial charge in [-0.15, -0.1) is 0 Å². The van der Waals surface area contributed by atoms with Crippen molar-refractivity contribution in [1.29, 1.82) is 0 Å². The van der Waals surface area contributed by atoms with Gasteiger partial charge in [-0.3, -0.25) is 4.79 Å². The lowest BCUT2D eigenvalue weighted by Gasteiger charge is -2.47. The number of ether oxygens (including phenoxy) is 2. The Labute approximate surface area is 119 Å². The lowest BCUT2D eigenvalue weighted by molar-refractivity contribution is -0.186. The molecule has 1 aromatic carbocycles. The second kappa shape index (κ2) is 5.09. The SMILES string of the molecule is CCOC(=O)C(C)(C)C1(O)c2ccccc2OCC1C. The van der Waals surface area contributed by atoms with Crippen molar-refractivity contribution < 1.29 is 19.4 Å². The third kappa shape index (κ3) is 1.99. The normalized spacial score (nSPS) is 25.6. The molecule has 2 unspecified atom stereocenters. The monoisotopic (exact) mass is 278 g/mol. The van der Waals surface area contributed by atoms with Crippen LogP contribution in [0.2, 0.25) is 0 Å². The zero-order valence-corrected chi connectivity index (χ0v) is 12.5. The van der Waals surface area contributed by atoms with Crippen molar-refractivity contribution in [3.63, 3.8) is 0 Å². The first-order valence-corrected chi connectivity index (χ1v) is 6.97. The Hall–Kier alpha value is -1.55. The van der Waals surface area contributed by atoms with E-state index in [1.54, 1.807) is 20.8 Å². The molecular formula is C16H22O4. The number of hydrogen-bond donors (Lipinski definition) is 1. The van der Waals surface area contributed by atoms with Gasteiger partial charge in [0.1, 0.15) is 11.4 Å². The molecule has 4 nitrogen and oxygen atoms in total. The van der Waals surface area contributed by atoms with Crippen LogP contribution in [0.3, 0.4) is 0 Å². The van der Waals surface area contributed by atoms with E-state index < -0.39 is 17.0 Å².